The average molecular weight is 277 g/mol. The van der Waals surface area contributed by atoms with E-state index in [4.69, 9.17) is 4.74 Å². The maximum Gasteiger partial charge on any atom is 0.124 e. The maximum atomic E-state index is 5.99. The van der Waals surface area contributed by atoms with Crippen LogP contribution >= 0.6 is 0 Å². The predicted octanol–water partition coefficient (Wildman–Crippen LogP) is 5.10. The molecule has 1 unspecified atom stereocenters. The molecule has 0 aromatic heterocycles. The van der Waals surface area contributed by atoms with Gasteiger partial charge < -0.3 is 10.1 Å². The number of benzene rings is 1. The highest BCUT2D eigenvalue weighted by Gasteiger charge is 2.11. The molecule has 0 saturated heterocycles. The Morgan fingerprint density at radius 3 is 2.40 bits per heavy atom. The van der Waals surface area contributed by atoms with Gasteiger partial charge in [-0.2, -0.15) is 0 Å². The van der Waals surface area contributed by atoms with E-state index in [-0.39, 0.29) is 0 Å². The molecule has 1 aromatic rings. The van der Waals surface area contributed by atoms with Crippen molar-refractivity contribution in [2.75, 3.05) is 13.7 Å². The molecule has 1 rings (SSSR count). The normalized spacial score (nSPS) is 12.3. The van der Waals surface area contributed by atoms with E-state index in [1.807, 2.05) is 7.05 Å². The summed E-state index contributed by atoms with van der Waals surface area (Å²) < 4.78 is 5.99. The average Bonchev–Trinajstić information content (AvgIpc) is 2.49. The first kappa shape index (κ1) is 17.0. The molecule has 2 nitrogen and oxygen atoms in total. The van der Waals surface area contributed by atoms with Crippen molar-refractivity contribution < 1.29 is 4.74 Å². The fraction of sp³-hybridized carbons (Fsp3) is 0.667. The van der Waals surface area contributed by atoms with E-state index in [9.17, 15) is 0 Å². The smallest absolute Gasteiger partial charge is 0.124 e. The second kappa shape index (κ2) is 10.7. The lowest BCUT2D eigenvalue weighted by atomic mass is 10.0. The van der Waals surface area contributed by atoms with Crippen LogP contribution in [-0.2, 0) is 0 Å². The topological polar surface area (TPSA) is 21.3 Å². The third-order valence-electron chi connectivity index (χ3n) is 3.81. The van der Waals surface area contributed by atoms with Crippen molar-refractivity contribution in [1.82, 2.24) is 5.32 Å². The highest BCUT2D eigenvalue weighted by atomic mass is 16.5. The lowest BCUT2D eigenvalue weighted by Gasteiger charge is -2.18. The molecule has 114 valence electrons. The van der Waals surface area contributed by atoms with E-state index in [0.717, 1.165) is 25.2 Å². The minimum atomic E-state index is 0.385. The Hall–Kier alpha value is -1.02. The molecular weight excluding hydrogens is 246 g/mol. The number of para-hydroxylation sites is 1. The molecule has 1 atom stereocenters. The molecule has 0 aliphatic heterocycles. The molecule has 0 radical (unpaired) electrons. The second-order valence-electron chi connectivity index (χ2n) is 5.40. The van der Waals surface area contributed by atoms with Crippen molar-refractivity contribution in [1.29, 1.82) is 0 Å². The zero-order chi connectivity index (χ0) is 14.6. The van der Waals surface area contributed by atoms with Gasteiger partial charge in [-0.05, 0) is 26.0 Å². The highest BCUT2D eigenvalue weighted by Crippen LogP contribution is 2.27. The molecule has 1 aromatic carbocycles. The molecule has 0 fully saturated rings. The van der Waals surface area contributed by atoms with Crippen molar-refractivity contribution in [2.24, 2.45) is 0 Å². The van der Waals surface area contributed by atoms with Crippen LogP contribution in [0.3, 0.4) is 0 Å². The molecule has 1 N–H and O–H groups in total. The molecule has 0 bridgehead atoms. The maximum absolute atomic E-state index is 5.99. The Morgan fingerprint density at radius 2 is 1.70 bits per heavy atom. The standard InChI is InChI=1S/C18H31NO/c1-4-6-7-8-9-12-15-20-18-14-11-10-13-16(18)17(5-2)19-3/h10-11,13-14,17,19H,4-9,12,15H2,1-3H3. The van der Waals surface area contributed by atoms with Gasteiger partial charge in [0.1, 0.15) is 5.75 Å². The van der Waals surface area contributed by atoms with Gasteiger partial charge in [0.05, 0.1) is 6.61 Å². The summed E-state index contributed by atoms with van der Waals surface area (Å²) in [5.41, 5.74) is 1.28. The van der Waals surface area contributed by atoms with Gasteiger partial charge in [-0.1, -0.05) is 64.2 Å². The Labute approximate surface area is 124 Å². The van der Waals surface area contributed by atoms with Gasteiger partial charge in [0, 0.05) is 11.6 Å². The van der Waals surface area contributed by atoms with Crippen LogP contribution in [0.2, 0.25) is 0 Å². The van der Waals surface area contributed by atoms with Crippen LogP contribution in [0.4, 0.5) is 0 Å². The molecule has 0 amide bonds. The Balaban J connectivity index is 2.36. The van der Waals surface area contributed by atoms with E-state index >= 15 is 0 Å². The zero-order valence-corrected chi connectivity index (χ0v) is 13.5. The Bertz CT molecular complexity index is 347. The number of nitrogens with one attached hydrogen (secondary N) is 1. The fourth-order valence-electron chi connectivity index (χ4n) is 2.54. The van der Waals surface area contributed by atoms with E-state index in [0.29, 0.717) is 6.04 Å². The zero-order valence-electron chi connectivity index (χ0n) is 13.5. The van der Waals surface area contributed by atoms with Gasteiger partial charge in [-0.15, -0.1) is 0 Å². The van der Waals surface area contributed by atoms with E-state index in [1.54, 1.807) is 0 Å². The number of hydrogen-bond acceptors (Lipinski definition) is 2. The van der Waals surface area contributed by atoms with Crippen molar-refractivity contribution in [2.45, 2.75) is 64.8 Å². The van der Waals surface area contributed by atoms with E-state index < -0.39 is 0 Å². The molecule has 0 heterocycles. The van der Waals surface area contributed by atoms with Gasteiger partial charge in [-0.3, -0.25) is 0 Å². The summed E-state index contributed by atoms with van der Waals surface area (Å²) in [7, 11) is 2.01. The Kier molecular flexibility index (Phi) is 9.14. The summed E-state index contributed by atoms with van der Waals surface area (Å²) in [5, 5.41) is 3.35. The Morgan fingerprint density at radius 1 is 1.00 bits per heavy atom. The lowest BCUT2D eigenvalue weighted by molar-refractivity contribution is 0.298. The van der Waals surface area contributed by atoms with Crippen molar-refractivity contribution in [3.05, 3.63) is 29.8 Å². The largest absolute Gasteiger partial charge is 0.493 e. The second-order valence-corrected chi connectivity index (χ2v) is 5.40. The summed E-state index contributed by atoms with van der Waals surface area (Å²) in [6.45, 7) is 5.29. The highest BCUT2D eigenvalue weighted by molar-refractivity contribution is 5.35. The minimum absolute atomic E-state index is 0.385. The minimum Gasteiger partial charge on any atom is -0.493 e. The van der Waals surface area contributed by atoms with Crippen LogP contribution < -0.4 is 10.1 Å². The fourth-order valence-corrected chi connectivity index (χ4v) is 2.54. The molecule has 20 heavy (non-hydrogen) atoms. The summed E-state index contributed by atoms with van der Waals surface area (Å²) in [4.78, 5) is 0. The van der Waals surface area contributed by atoms with Gasteiger partial charge in [0.15, 0.2) is 0 Å². The first-order valence-electron chi connectivity index (χ1n) is 8.22. The third kappa shape index (κ3) is 5.96. The number of ether oxygens (including phenoxy) is 1. The summed E-state index contributed by atoms with van der Waals surface area (Å²) in [6, 6.07) is 8.79. The summed E-state index contributed by atoms with van der Waals surface area (Å²) in [5.74, 6) is 1.04. The molecule has 0 saturated carbocycles. The van der Waals surface area contributed by atoms with Crippen LogP contribution in [0.5, 0.6) is 5.75 Å². The van der Waals surface area contributed by atoms with Gasteiger partial charge in [0.25, 0.3) is 0 Å². The molecule has 0 aliphatic carbocycles. The lowest BCUT2D eigenvalue weighted by Crippen LogP contribution is -2.16. The first-order chi connectivity index (χ1) is 9.83. The van der Waals surface area contributed by atoms with Gasteiger partial charge in [-0.25, -0.2) is 0 Å². The van der Waals surface area contributed by atoms with Gasteiger partial charge in [0.2, 0.25) is 0 Å². The monoisotopic (exact) mass is 277 g/mol. The van der Waals surface area contributed by atoms with Crippen LogP contribution in [0, 0.1) is 0 Å². The third-order valence-corrected chi connectivity index (χ3v) is 3.81. The molecule has 2 heteroatoms. The molecule has 0 spiro atoms. The summed E-state index contributed by atoms with van der Waals surface area (Å²) in [6.07, 6.45) is 8.90. The first-order valence-corrected chi connectivity index (χ1v) is 8.22. The molecular formula is C18H31NO. The SMILES string of the molecule is CCCCCCCCOc1ccccc1C(CC)NC. The molecule has 0 aliphatic rings. The predicted molar refractivity (Wildman–Crippen MR) is 87.4 cm³/mol. The van der Waals surface area contributed by atoms with E-state index in [2.05, 4.69) is 43.4 Å². The van der Waals surface area contributed by atoms with Crippen molar-refractivity contribution >= 4 is 0 Å². The van der Waals surface area contributed by atoms with E-state index in [1.165, 1.54) is 37.7 Å². The van der Waals surface area contributed by atoms with Crippen molar-refractivity contribution in [3.8, 4) is 5.75 Å². The van der Waals surface area contributed by atoms with Crippen LogP contribution in [0.25, 0.3) is 0 Å². The number of hydrogen-bond donors (Lipinski definition) is 1. The van der Waals surface area contributed by atoms with Gasteiger partial charge >= 0.3 is 0 Å². The quantitative estimate of drug-likeness (QED) is 0.568. The number of rotatable bonds is 11. The summed E-state index contributed by atoms with van der Waals surface area (Å²) >= 11 is 0. The van der Waals surface area contributed by atoms with Crippen LogP contribution in [0.1, 0.15) is 70.4 Å². The van der Waals surface area contributed by atoms with Crippen LogP contribution in [0.15, 0.2) is 24.3 Å². The number of unbranched alkanes of at least 4 members (excludes halogenated alkanes) is 5. The van der Waals surface area contributed by atoms with Crippen molar-refractivity contribution in [3.63, 3.8) is 0 Å². The van der Waals surface area contributed by atoms with Crippen LogP contribution in [-0.4, -0.2) is 13.7 Å².